The molecule has 2 aromatic carbocycles. The van der Waals surface area contributed by atoms with Crippen molar-refractivity contribution in [2.24, 2.45) is 0 Å². The van der Waals surface area contributed by atoms with Gasteiger partial charge in [0.2, 0.25) is 5.91 Å². The molecule has 8 nitrogen and oxygen atoms in total. The van der Waals surface area contributed by atoms with Gasteiger partial charge >= 0.3 is 23.3 Å². The van der Waals surface area contributed by atoms with Crippen LogP contribution in [0.15, 0.2) is 53.4 Å². The number of carbonyl (C=O) groups is 3. The fourth-order valence-electron chi connectivity index (χ4n) is 4.92. The second-order valence-electron chi connectivity index (χ2n) is 10.8. The number of hydrogen-bond donors (Lipinski definition) is 2. The quantitative estimate of drug-likeness (QED) is 0.374. The molecule has 1 saturated heterocycles. The molecule has 4 rings (SSSR count). The molecule has 0 saturated carbocycles. The van der Waals surface area contributed by atoms with Gasteiger partial charge in [0.05, 0.1) is 18.3 Å². The molecular formula is C27H32F3N4O4S+. The predicted molar refractivity (Wildman–Crippen MR) is 143 cm³/mol. The maximum absolute atomic E-state index is 14.7. The minimum atomic E-state index is -4.67. The van der Waals surface area contributed by atoms with Crippen LogP contribution in [-0.4, -0.2) is 53.2 Å². The highest BCUT2D eigenvalue weighted by Crippen LogP contribution is 2.51. The normalized spacial score (nSPS) is 22.5. The third kappa shape index (κ3) is 5.44. The van der Waals surface area contributed by atoms with Gasteiger partial charge in [-0.2, -0.15) is 17.7 Å². The Bertz CT molecular complexity index is 1270. The fourth-order valence-corrected chi connectivity index (χ4v) is 6.35. The molecule has 39 heavy (non-hydrogen) atoms. The van der Waals surface area contributed by atoms with Gasteiger partial charge in [0.25, 0.3) is 0 Å². The Hall–Kier alpha value is -3.25. The minimum Gasteiger partial charge on any atom is -0.444 e. The Balaban J connectivity index is 1.89. The second kappa shape index (κ2) is 10.1. The Labute approximate surface area is 229 Å². The van der Waals surface area contributed by atoms with Crippen LogP contribution >= 0.6 is 11.8 Å². The van der Waals surface area contributed by atoms with E-state index in [0.717, 1.165) is 23.9 Å². The molecule has 0 bridgehead atoms. The Morgan fingerprint density at radius 1 is 1.13 bits per heavy atom. The number of fused-ring (bicyclic) bond motifs is 1. The van der Waals surface area contributed by atoms with Gasteiger partial charge in [-0.15, -0.1) is 0 Å². The number of quaternary nitrogens is 1. The number of likely N-dealkylation sites (tertiary alicyclic amines) is 1. The van der Waals surface area contributed by atoms with Crippen molar-refractivity contribution in [3.8, 4) is 0 Å². The molecule has 12 heteroatoms. The van der Waals surface area contributed by atoms with E-state index in [1.165, 1.54) is 31.0 Å². The molecule has 0 aromatic heterocycles. The van der Waals surface area contributed by atoms with Crippen LogP contribution in [0.2, 0.25) is 0 Å². The topological polar surface area (TPSA) is 87.7 Å². The van der Waals surface area contributed by atoms with Gasteiger partial charge in [-0.3, -0.25) is 15.0 Å². The summed E-state index contributed by atoms with van der Waals surface area (Å²) in [6.45, 7) is 6.66. The zero-order valence-electron chi connectivity index (χ0n) is 22.4. The van der Waals surface area contributed by atoms with Crippen molar-refractivity contribution in [3.05, 3.63) is 54.1 Å². The number of rotatable bonds is 4. The van der Waals surface area contributed by atoms with Crippen molar-refractivity contribution in [2.75, 3.05) is 18.9 Å². The summed E-state index contributed by atoms with van der Waals surface area (Å²) >= 11 is 1.13. The summed E-state index contributed by atoms with van der Waals surface area (Å²) in [5.74, 6) is -1.07. The molecule has 2 heterocycles. The van der Waals surface area contributed by atoms with Gasteiger partial charge in [0.15, 0.2) is 6.04 Å². The largest absolute Gasteiger partial charge is 0.444 e. The standard InChI is InChI=1S/C27H31F3N4O4S/c1-17(35)31-27(32-20-12-6-7-14-22(20)39-27)34(5,19-11-8-10-18(16-19)26(28,29)30)23(36)21-13-9-15-33(21)24(37)38-25(2,3)4/h6-8,10-12,14,16,21,32H,9,13,15H2,1-5H3/p+1/t21-,27?,34?/m0/s1. The number of carbonyl (C=O) groups excluding carboxylic acids is 3. The van der Waals surface area contributed by atoms with Crippen molar-refractivity contribution >= 4 is 41.0 Å². The van der Waals surface area contributed by atoms with Crippen molar-refractivity contribution in [1.82, 2.24) is 14.7 Å². The first-order valence-electron chi connectivity index (χ1n) is 12.5. The number of likely N-dealkylation sites (N-methyl/N-ethyl adjacent to an activating group) is 1. The number of amides is 3. The average Bonchev–Trinajstić information content (AvgIpc) is 3.46. The third-order valence-electron chi connectivity index (χ3n) is 6.72. The summed E-state index contributed by atoms with van der Waals surface area (Å²) in [6.07, 6.45) is -4.55. The molecule has 3 atom stereocenters. The molecule has 0 spiro atoms. The number of ether oxygens (including phenoxy) is 1. The fraction of sp³-hybridized carbons (Fsp3) is 0.444. The SMILES string of the molecule is CC(=O)NC1([N+](C)(C(=O)[C@@H]2CCCN2C(=O)OC(C)(C)C)c2cccc(C(F)(F)F)c2)Nc2ccccc2S1. The second-order valence-corrected chi connectivity index (χ2v) is 12.0. The van der Waals surface area contributed by atoms with E-state index < -0.39 is 50.9 Å². The molecule has 2 aliphatic heterocycles. The van der Waals surface area contributed by atoms with Crippen molar-refractivity contribution in [1.29, 1.82) is 0 Å². The summed E-state index contributed by atoms with van der Waals surface area (Å²) in [5.41, 5.74) is -1.15. The maximum Gasteiger partial charge on any atom is 0.416 e. The van der Waals surface area contributed by atoms with Crippen LogP contribution in [0.4, 0.5) is 29.3 Å². The molecule has 2 aliphatic rings. The molecular weight excluding hydrogens is 533 g/mol. The van der Waals surface area contributed by atoms with Crippen LogP contribution in [0.5, 0.6) is 0 Å². The number of nitrogens with one attached hydrogen (secondary N) is 2. The summed E-state index contributed by atoms with van der Waals surface area (Å²) < 4.78 is 46.2. The minimum absolute atomic E-state index is 0.00702. The number of alkyl halides is 3. The van der Waals surface area contributed by atoms with Crippen LogP contribution in [0.25, 0.3) is 0 Å². The summed E-state index contributed by atoms with van der Waals surface area (Å²) in [6, 6.07) is 10.6. The van der Waals surface area contributed by atoms with E-state index in [1.54, 1.807) is 45.0 Å². The van der Waals surface area contributed by atoms with Crippen LogP contribution in [0.1, 0.15) is 46.1 Å². The molecule has 210 valence electrons. The monoisotopic (exact) mass is 565 g/mol. The smallest absolute Gasteiger partial charge is 0.416 e. The zero-order chi connectivity index (χ0) is 28.8. The third-order valence-corrected chi connectivity index (χ3v) is 8.16. The van der Waals surface area contributed by atoms with Gasteiger partial charge in [-0.1, -0.05) is 18.2 Å². The van der Waals surface area contributed by atoms with Crippen molar-refractivity contribution < 1.29 is 32.3 Å². The van der Waals surface area contributed by atoms with Crippen molar-refractivity contribution in [2.45, 2.75) is 68.4 Å². The summed E-state index contributed by atoms with van der Waals surface area (Å²) in [5, 5.41) is 4.41. The predicted octanol–water partition coefficient (Wildman–Crippen LogP) is 5.53. The van der Waals surface area contributed by atoms with E-state index in [1.807, 2.05) is 0 Å². The van der Waals surface area contributed by atoms with E-state index >= 15 is 0 Å². The van der Waals surface area contributed by atoms with Crippen LogP contribution in [0, 0.1) is 0 Å². The lowest BCUT2D eigenvalue weighted by atomic mass is 10.1. The molecule has 1 fully saturated rings. The molecule has 0 aliphatic carbocycles. The van der Waals surface area contributed by atoms with Crippen LogP contribution < -0.4 is 15.1 Å². The Morgan fingerprint density at radius 3 is 2.44 bits per heavy atom. The van der Waals surface area contributed by atoms with Gasteiger partial charge in [0.1, 0.15) is 11.3 Å². The van der Waals surface area contributed by atoms with E-state index in [0.29, 0.717) is 23.4 Å². The van der Waals surface area contributed by atoms with Gasteiger partial charge in [0, 0.05) is 24.4 Å². The molecule has 0 radical (unpaired) electrons. The lowest BCUT2D eigenvalue weighted by Crippen LogP contribution is -2.76. The maximum atomic E-state index is 14.7. The lowest BCUT2D eigenvalue weighted by Gasteiger charge is -2.46. The van der Waals surface area contributed by atoms with Gasteiger partial charge in [-0.05, 0) is 69.6 Å². The van der Waals surface area contributed by atoms with Gasteiger partial charge < -0.3 is 10.1 Å². The summed E-state index contributed by atoms with van der Waals surface area (Å²) in [7, 11) is 1.46. The van der Waals surface area contributed by atoms with E-state index in [4.69, 9.17) is 4.74 Å². The number of nitrogens with zero attached hydrogens (tertiary/aromatic N) is 2. The molecule has 3 amide bonds. The van der Waals surface area contributed by atoms with E-state index in [-0.39, 0.29) is 12.2 Å². The summed E-state index contributed by atoms with van der Waals surface area (Å²) in [4.78, 5) is 42.4. The Kier molecular flexibility index (Phi) is 7.41. The average molecular weight is 566 g/mol. The highest BCUT2D eigenvalue weighted by Gasteiger charge is 2.63. The molecule has 2 aromatic rings. The number of hydrogen-bond acceptors (Lipinski definition) is 6. The number of anilines is 1. The van der Waals surface area contributed by atoms with Crippen LogP contribution in [-0.2, 0) is 20.5 Å². The first-order chi connectivity index (χ1) is 18.1. The van der Waals surface area contributed by atoms with Gasteiger partial charge in [-0.25, -0.2) is 9.59 Å². The number of benzene rings is 2. The van der Waals surface area contributed by atoms with Crippen molar-refractivity contribution in [3.63, 3.8) is 0 Å². The van der Waals surface area contributed by atoms with E-state index in [9.17, 15) is 27.6 Å². The van der Waals surface area contributed by atoms with E-state index in [2.05, 4.69) is 10.6 Å². The highest BCUT2D eigenvalue weighted by molar-refractivity contribution is 8.01. The van der Waals surface area contributed by atoms with Crippen LogP contribution in [0.3, 0.4) is 0 Å². The molecule has 2 unspecified atom stereocenters. The highest BCUT2D eigenvalue weighted by atomic mass is 32.2. The number of thioether (sulfide) groups is 1. The first kappa shape index (κ1) is 28.8. The molecule has 2 N–H and O–H groups in total. The lowest BCUT2D eigenvalue weighted by molar-refractivity contribution is -0.140. The zero-order valence-corrected chi connectivity index (χ0v) is 23.2. The Morgan fingerprint density at radius 2 is 1.82 bits per heavy atom. The number of halogens is 3. The first-order valence-corrected chi connectivity index (χ1v) is 13.3. The number of para-hydroxylation sites is 1.